The molecule has 1 aliphatic carbocycles. The molecule has 1 rings (SSSR count). The van der Waals surface area contributed by atoms with Gasteiger partial charge in [0, 0.05) is 12.6 Å². The van der Waals surface area contributed by atoms with Crippen LogP contribution in [0.25, 0.3) is 0 Å². The maximum absolute atomic E-state index is 12.1. The van der Waals surface area contributed by atoms with Gasteiger partial charge in [0.15, 0.2) is 0 Å². The molecule has 2 N–H and O–H groups in total. The zero-order chi connectivity index (χ0) is 13.5. The predicted octanol–water partition coefficient (Wildman–Crippen LogP) is 2.21. The monoisotopic (exact) mass is 256 g/mol. The largest absolute Gasteiger partial charge is 0.480 e. The summed E-state index contributed by atoms with van der Waals surface area (Å²) in [6.07, 6.45) is 5.32. The number of carbonyl (C=O) groups is 2. The molecule has 5 heteroatoms. The molecule has 104 valence electrons. The van der Waals surface area contributed by atoms with E-state index in [1.807, 2.05) is 6.92 Å². The first-order chi connectivity index (χ1) is 8.60. The highest BCUT2D eigenvalue weighted by molar-refractivity contribution is 5.82. The molecule has 0 heterocycles. The summed E-state index contributed by atoms with van der Waals surface area (Å²) >= 11 is 0. The van der Waals surface area contributed by atoms with Crippen molar-refractivity contribution in [3.63, 3.8) is 0 Å². The van der Waals surface area contributed by atoms with Crippen LogP contribution in [-0.4, -0.2) is 40.6 Å². The number of nitrogens with one attached hydrogen (secondary N) is 1. The van der Waals surface area contributed by atoms with Gasteiger partial charge in [-0.2, -0.15) is 0 Å². The molecule has 2 amide bonds. The van der Waals surface area contributed by atoms with Gasteiger partial charge in [-0.3, -0.25) is 0 Å². The second kappa shape index (κ2) is 7.24. The van der Waals surface area contributed by atoms with E-state index in [0.29, 0.717) is 12.5 Å². The van der Waals surface area contributed by atoms with Crippen molar-refractivity contribution in [3.8, 4) is 0 Å². The SMILES string of the molecule is CCCCN(C(=O)N[C@@H](CCC)C(=O)O)C1CC1. The van der Waals surface area contributed by atoms with Crippen molar-refractivity contribution in [2.24, 2.45) is 0 Å². The van der Waals surface area contributed by atoms with Crippen LogP contribution in [0.2, 0.25) is 0 Å². The molecule has 1 aliphatic rings. The van der Waals surface area contributed by atoms with Crippen molar-refractivity contribution >= 4 is 12.0 Å². The Morgan fingerprint density at radius 2 is 2.00 bits per heavy atom. The molecule has 0 unspecified atom stereocenters. The van der Waals surface area contributed by atoms with Crippen LogP contribution in [0.15, 0.2) is 0 Å². The number of hydrogen-bond donors (Lipinski definition) is 2. The van der Waals surface area contributed by atoms with Crippen LogP contribution in [0.1, 0.15) is 52.4 Å². The number of rotatable bonds is 8. The van der Waals surface area contributed by atoms with Crippen molar-refractivity contribution in [2.45, 2.75) is 64.5 Å². The van der Waals surface area contributed by atoms with E-state index in [9.17, 15) is 9.59 Å². The van der Waals surface area contributed by atoms with E-state index in [1.54, 1.807) is 4.90 Å². The van der Waals surface area contributed by atoms with Gasteiger partial charge in [0.2, 0.25) is 0 Å². The molecule has 1 fully saturated rings. The Kier molecular flexibility index (Phi) is 5.95. The quantitative estimate of drug-likeness (QED) is 0.699. The maximum atomic E-state index is 12.1. The molecule has 0 aromatic rings. The van der Waals surface area contributed by atoms with Crippen molar-refractivity contribution in [1.29, 1.82) is 0 Å². The first-order valence-corrected chi connectivity index (χ1v) is 6.90. The van der Waals surface area contributed by atoms with Crippen molar-refractivity contribution in [2.75, 3.05) is 6.54 Å². The van der Waals surface area contributed by atoms with E-state index in [0.717, 1.165) is 38.6 Å². The Labute approximate surface area is 109 Å². The third kappa shape index (κ3) is 4.55. The average Bonchev–Trinajstić information content (AvgIpc) is 3.13. The summed E-state index contributed by atoms with van der Waals surface area (Å²) in [5.74, 6) is -0.948. The molecule has 1 saturated carbocycles. The normalized spacial score (nSPS) is 16.1. The van der Waals surface area contributed by atoms with E-state index in [2.05, 4.69) is 12.2 Å². The van der Waals surface area contributed by atoms with Crippen molar-refractivity contribution < 1.29 is 14.7 Å². The molecular formula is C13H24N2O3. The fourth-order valence-electron chi connectivity index (χ4n) is 1.94. The topological polar surface area (TPSA) is 69.6 Å². The molecular weight excluding hydrogens is 232 g/mol. The first-order valence-electron chi connectivity index (χ1n) is 6.90. The molecule has 5 nitrogen and oxygen atoms in total. The molecule has 0 bridgehead atoms. The Balaban J connectivity index is 2.50. The number of nitrogens with zero attached hydrogens (tertiary/aromatic N) is 1. The minimum atomic E-state index is -0.948. The zero-order valence-electron chi connectivity index (χ0n) is 11.3. The highest BCUT2D eigenvalue weighted by atomic mass is 16.4. The van der Waals surface area contributed by atoms with Crippen LogP contribution in [0.4, 0.5) is 4.79 Å². The van der Waals surface area contributed by atoms with E-state index in [-0.39, 0.29) is 6.03 Å². The lowest BCUT2D eigenvalue weighted by atomic mass is 10.2. The summed E-state index contributed by atoms with van der Waals surface area (Å²) in [5, 5.41) is 11.7. The first kappa shape index (κ1) is 14.8. The van der Waals surface area contributed by atoms with E-state index in [1.165, 1.54) is 0 Å². The summed E-state index contributed by atoms with van der Waals surface area (Å²) in [6.45, 7) is 4.73. The van der Waals surface area contributed by atoms with Gasteiger partial charge >= 0.3 is 12.0 Å². The molecule has 0 aromatic carbocycles. The van der Waals surface area contributed by atoms with Gasteiger partial charge in [-0.15, -0.1) is 0 Å². The maximum Gasteiger partial charge on any atom is 0.326 e. The highest BCUT2D eigenvalue weighted by Gasteiger charge is 2.33. The molecule has 0 aromatic heterocycles. The third-order valence-electron chi connectivity index (χ3n) is 3.17. The van der Waals surface area contributed by atoms with Gasteiger partial charge in [0.25, 0.3) is 0 Å². The minimum Gasteiger partial charge on any atom is -0.480 e. The molecule has 0 aliphatic heterocycles. The highest BCUT2D eigenvalue weighted by Crippen LogP contribution is 2.27. The third-order valence-corrected chi connectivity index (χ3v) is 3.17. The number of amides is 2. The van der Waals surface area contributed by atoms with Gasteiger partial charge < -0.3 is 15.3 Å². The van der Waals surface area contributed by atoms with Crippen LogP contribution in [-0.2, 0) is 4.79 Å². The van der Waals surface area contributed by atoms with Gasteiger partial charge in [0.05, 0.1) is 0 Å². The lowest BCUT2D eigenvalue weighted by molar-refractivity contribution is -0.139. The van der Waals surface area contributed by atoms with E-state index < -0.39 is 12.0 Å². The molecule has 18 heavy (non-hydrogen) atoms. The second-order valence-corrected chi connectivity index (χ2v) is 4.91. The molecule has 0 radical (unpaired) electrons. The van der Waals surface area contributed by atoms with Crippen LogP contribution in [0.3, 0.4) is 0 Å². The van der Waals surface area contributed by atoms with Crippen molar-refractivity contribution in [3.05, 3.63) is 0 Å². The van der Waals surface area contributed by atoms with Crippen molar-refractivity contribution in [1.82, 2.24) is 10.2 Å². The summed E-state index contributed by atoms with van der Waals surface area (Å²) in [4.78, 5) is 24.9. The summed E-state index contributed by atoms with van der Waals surface area (Å²) in [5.41, 5.74) is 0. The fraction of sp³-hybridized carbons (Fsp3) is 0.846. The average molecular weight is 256 g/mol. The number of carboxylic acid groups (broad SMARTS) is 1. The summed E-state index contributed by atoms with van der Waals surface area (Å²) in [6, 6.07) is -0.648. The lowest BCUT2D eigenvalue weighted by Crippen LogP contribution is -2.49. The summed E-state index contributed by atoms with van der Waals surface area (Å²) in [7, 11) is 0. The minimum absolute atomic E-state index is 0.216. The number of unbranched alkanes of at least 4 members (excludes halogenated alkanes) is 1. The van der Waals surface area contributed by atoms with Gasteiger partial charge in [-0.1, -0.05) is 26.7 Å². The Morgan fingerprint density at radius 3 is 2.44 bits per heavy atom. The second-order valence-electron chi connectivity index (χ2n) is 4.91. The summed E-state index contributed by atoms with van der Waals surface area (Å²) < 4.78 is 0. The number of urea groups is 1. The van der Waals surface area contributed by atoms with E-state index in [4.69, 9.17) is 5.11 Å². The van der Waals surface area contributed by atoms with Gasteiger partial charge in [-0.25, -0.2) is 9.59 Å². The van der Waals surface area contributed by atoms with Gasteiger partial charge in [-0.05, 0) is 25.7 Å². The number of aliphatic carboxylic acids is 1. The van der Waals surface area contributed by atoms with Gasteiger partial charge in [0.1, 0.15) is 6.04 Å². The number of carbonyl (C=O) groups excluding carboxylic acids is 1. The zero-order valence-corrected chi connectivity index (χ0v) is 11.3. The van der Waals surface area contributed by atoms with Crippen LogP contribution >= 0.6 is 0 Å². The predicted molar refractivity (Wildman–Crippen MR) is 69.5 cm³/mol. The number of hydrogen-bond acceptors (Lipinski definition) is 2. The fourth-order valence-corrected chi connectivity index (χ4v) is 1.94. The Hall–Kier alpha value is -1.26. The van der Waals surface area contributed by atoms with E-state index >= 15 is 0 Å². The van der Waals surface area contributed by atoms with Crippen LogP contribution in [0, 0.1) is 0 Å². The molecule has 0 spiro atoms. The smallest absolute Gasteiger partial charge is 0.326 e. The lowest BCUT2D eigenvalue weighted by Gasteiger charge is -2.24. The molecule has 1 atom stereocenters. The van der Waals surface area contributed by atoms with Crippen LogP contribution < -0.4 is 5.32 Å². The standard InChI is InChI=1S/C13H24N2O3/c1-3-5-9-15(10-7-8-10)13(18)14-11(6-4-2)12(16)17/h10-11H,3-9H2,1-2H3,(H,14,18)(H,16,17)/t11-/m0/s1. The van der Waals surface area contributed by atoms with Crippen LogP contribution in [0.5, 0.6) is 0 Å². The Bertz CT molecular complexity index is 290. The number of carboxylic acids is 1. The molecule has 0 saturated heterocycles. The Morgan fingerprint density at radius 1 is 1.33 bits per heavy atom.